The molecule has 1 aromatic carbocycles. The Labute approximate surface area is 143 Å². The number of hydrogen-bond acceptors (Lipinski definition) is 4. The van der Waals surface area contributed by atoms with Gasteiger partial charge in [-0.1, -0.05) is 44.2 Å². The van der Waals surface area contributed by atoms with Crippen LogP contribution in [-0.2, 0) is 9.53 Å². The third-order valence-electron chi connectivity index (χ3n) is 3.59. The Balaban J connectivity index is 3.04. The van der Waals surface area contributed by atoms with E-state index < -0.39 is 41.8 Å². The standard InChI is InChI=1S/C16H21F3N2O4/c1-10(2)13(9-21(23)24)25-14(12-7-5-4-6-8-12)11(3)20-15(22)16(17,18)19/h4-8,10-11,13-14H,9H2,1-3H3,(H,20,22)/t11-,13+,14-/m0/s1. The molecule has 0 bridgehead atoms. The number of ether oxygens (including phenoxy) is 1. The second-order valence-electron chi connectivity index (χ2n) is 6.03. The zero-order chi connectivity index (χ0) is 19.2. The zero-order valence-corrected chi connectivity index (χ0v) is 14.1. The van der Waals surface area contributed by atoms with Gasteiger partial charge in [0.05, 0.1) is 6.04 Å². The molecular weight excluding hydrogens is 341 g/mol. The third kappa shape index (κ3) is 6.69. The van der Waals surface area contributed by atoms with Crippen LogP contribution in [0.25, 0.3) is 0 Å². The van der Waals surface area contributed by atoms with E-state index in [0.29, 0.717) is 5.56 Å². The Bertz CT molecular complexity index is 578. The number of rotatable bonds is 8. The number of nitrogens with zero attached hydrogens (tertiary/aromatic N) is 1. The molecule has 1 rings (SSSR count). The van der Waals surface area contributed by atoms with Crippen molar-refractivity contribution in [2.45, 2.75) is 45.2 Å². The molecule has 0 radical (unpaired) electrons. The second-order valence-corrected chi connectivity index (χ2v) is 6.03. The Morgan fingerprint density at radius 3 is 2.24 bits per heavy atom. The van der Waals surface area contributed by atoms with Crippen molar-refractivity contribution in [1.82, 2.24) is 5.32 Å². The van der Waals surface area contributed by atoms with Crippen LogP contribution in [-0.4, -0.2) is 35.7 Å². The average molecular weight is 362 g/mol. The van der Waals surface area contributed by atoms with E-state index in [4.69, 9.17) is 4.74 Å². The molecule has 0 saturated heterocycles. The van der Waals surface area contributed by atoms with Crippen LogP contribution in [0.5, 0.6) is 0 Å². The SMILES string of the molecule is CC(C)[C@@H](C[N+](=O)[O-])O[C@H](c1ccccc1)[C@H](C)NC(=O)C(F)(F)F. The van der Waals surface area contributed by atoms with Gasteiger partial charge in [0.15, 0.2) is 0 Å². The van der Waals surface area contributed by atoms with Gasteiger partial charge in [-0.2, -0.15) is 13.2 Å². The summed E-state index contributed by atoms with van der Waals surface area (Å²) in [6.07, 6.45) is -6.79. The Hall–Kier alpha value is -2.16. The van der Waals surface area contributed by atoms with Gasteiger partial charge in [-0.3, -0.25) is 14.9 Å². The van der Waals surface area contributed by atoms with E-state index in [2.05, 4.69) is 0 Å². The summed E-state index contributed by atoms with van der Waals surface area (Å²) in [7, 11) is 0. The van der Waals surface area contributed by atoms with E-state index in [-0.39, 0.29) is 5.92 Å². The maximum atomic E-state index is 12.5. The van der Waals surface area contributed by atoms with Crippen molar-refractivity contribution in [2.24, 2.45) is 5.92 Å². The van der Waals surface area contributed by atoms with Gasteiger partial charge >= 0.3 is 12.1 Å². The maximum absolute atomic E-state index is 12.5. The van der Waals surface area contributed by atoms with E-state index in [0.717, 1.165) is 0 Å². The molecule has 1 N–H and O–H groups in total. The van der Waals surface area contributed by atoms with Crippen molar-refractivity contribution in [2.75, 3.05) is 6.54 Å². The molecule has 140 valence electrons. The number of nitro groups is 1. The average Bonchev–Trinajstić information content (AvgIpc) is 2.50. The van der Waals surface area contributed by atoms with Crippen molar-refractivity contribution >= 4 is 5.91 Å². The highest BCUT2D eigenvalue weighted by atomic mass is 19.4. The molecule has 0 fully saturated rings. The van der Waals surface area contributed by atoms with Crippen molar-refractivity contribution in [1.29, 1.82) is 0 Å². The van der Waals surface area contributed by atoms with Crippen LogP contribution in [0, 0.1) is 16.0 Å². The fourth-order valence-corrected chi connectivity index (χ4v) is 2.24. The highest BCUT2D eigenvalue weighted by molar-refractivity contribution is 5.81. The molecule has 0 aromatic heterocycles. The highest BCUT2D eigenvalue weighted by Crippen LogP contribution is 2.26. The maximum Gasteiger partial charge on any atom is 0.471 e. The van der Waals surface area contributed by atoms with Crippen LogP contribution < -0.4 is 5.32 Å². The molecule has 6 nitrogen and oxygen atoms in total. The van der Waals surface area contributed by atoms with Crippen molar-refractivity contribution < 1.29 is 27.6 Å². The number of hydrogen-bond donors (Lipinski definition) is 1. The van der Waals surface area contributed by atoms with Crippen molar-refractivity contribution in [3.63, 3.8) is 0 Å². The highest BCUT2D eigenvalue weighted by Gasteiger charge is 2.41. The van der Waals surface area contributed by atoms with E-state index >= 15 is 0 Å². The molecule has 0 aliphatic rings. The van der Waals surface area contributed by atoms with E-state index in [1.807, 2.05) is 5.32 Å². The number of amides is 1. The molecule has 1 aromatic rings. The van der Waals surface area contributed by atoms with Gasteiger partial charge in [0.2, 0.25) is 6.54 Å². The lowest BCUT2D eigenvalue weighted by atomic mass is 10.0. The Morgan fingerprint density at radius 2 is 1.80 bits per heavy atom. The molecule has 0 spiro atoms. The van der Waals surface area contributed by atoms with Gasteiger partial charge < -0.3 is 10.1 Å². The van der Waals surface area contributed by atoms with Crippen LogP contribution in [0.3, 0.4) is 0 Å². The largest absolute Gasteiger partial charge is 0.471 e. The third-order valence-corrected chi connectivity index (χ3v) is 3.59. The molecule has 0 saturated carbocycles. The van der Waals surface area contributed by atoms with Crippen LogP contribution >= 0.6 is 0 Å². The predicted molar refractivity (Wildman–Crippen MR) is 84.4 cm³/mol. The first-order valence-corrected chi connectivity index (χ1v) is 7.72. The summed E-state index contributed by atoms with van der Waals surface area (Å²) in [6, 6.07) is 7.28. The van der Waals surface area contributed by atoms with Gasteiger partial charge in [0, 0.05) is 4.92 Å². The number of nitrogens with one attached hydrogen (secondary N) is 1. The Kier molecular flexibility index (Phi) is 7.35. The first-order valence-electron chi connectivity index (χ1n) is 7.72. The predicted octanol–water partition coefficient (Wildman–Crippen LogP) is 3.11. The monoisotopic (exact) mass is 362 g/mol. The molecular formula is C16H21F3N2O4. The number of alkyl halides is 3. The summed E-state index contributed by atoms with van der Waals surface area (Å²) < 4.78 is 43.2. The van der Waals surface area contributed by atoms with Gasteiger partial charge in [0.25, 0.3) is 0 Å². The lowest BCUT2D eigenvalue weighted by Crippen LogP contribution is -2.46. The fraction of sp³-hybridized carbons (Fsp3) is 0.562. The minimum Gasteiger partial charge on any atom is -0.361 e. The van der Waals surface area contributed by atoms with Gasteiger partial charge in [0.1, 0.15) is 12.2 Å². The topological polar surface area (TPSA) is 81.5 Å². The first kappa shape index (κ1) is 20.9. The normalized spacial score (nSPS) is 15.5. The number of carbonyl (C=O) groups excluding carboxylic acids is 1. The van der Waals surface area contributed by atoms with Crippen LogP contribution in [0.15, 0.2) is 30.3 Å². The number of halogens is 3. The van der Waals surface area contributed by atoms with Gasteiger partial charge in [-0.05, 0) is 18.4 Å². The summed E-state index contributed by atoms with van der Waals surface area (Å²) in [5, 5.41) is 12.7. The van der Waals surface area contributed by atoms with Crippen molar-refractivity contribution in [3.05, 3.63) is 46.0 Å². The summed E-state index contributed by atoms with van der Waals surface area (Å²) in [4.78, 5) is 21.5. The summed E-state index contributed by atoms with van der Waals surface area (Å²) in [5.41, 5.74) is 0.520. The van der Waals surface area contributed by atoms with E-state index in [1.165, 1.54) is 6.92 Å². The number of benzene rings is 1. The van der Waals surface area contributed by atoms with Crippen LogP contribution in [0.4, 0.5) is 13.2 Å². The molecule has 0 aliphatic carbocycles. The summed E-state index contributed by atoms with van der Waals surface area (Å²) >= 11 is 0. The quantitative estimate of drug-likeness (QED) is 0.569. The molecule has 1 amide bonds. The molecule has 0 aliphatic heterocycles. The lowest BCUT2D eigenvalue weighted by Gasteiger charge is -2.30. The van der Waals surface area contributed by atoms with E-state index in [9.17, 15) is 28.1 Å². The Morgan fingerprint density at radius 1 is 1.24 bits per heavy atom. The molecule has 3 atom stereocenters. The van der Waals surface area contributed by atoms with Crippen LogP contribution in [0.2, 0.25) is 0 Å². The summed E-state index contributed by atoms with van der Waals surface area (Å²) in [6.45, 7) is 4.32. The molecule has 25 heavy (non-hydrogen) atoms. The van der Waals surface area contributed by atoms with Crippen LogP contribution in [0.1, 0.15) is 32.4 Å². The van der Waals surface area contributed by atoms with E-state index in [1.54, 1.807) is 44.2 Å². The first-order chi connectivity index (χ1) is 11.5. The second kappa shape index (κ2) is 8.80. The van der Waals surface area contributed by atoms with Crippen molar-refractivity contribution in [3.8, 4) is 0 Å². The van der Waals surface area contributed by atoms with Gasteiger partial charge in [-0.25, -0.2) is 0 Å². The van der Waals surface area contributed by atoms with Gasteiger partial charge in [-0.15, -0.1) is 0 Å². The smallest absolute Gasteiger partial charge is 0.361 e. The zero-order valence-electron chi connectivity index (χ0n) is 14.1. The molecule has 0 unspecified atom stereocenters. The number of carbonyl (C=O) groups is 1. The fourth-order valence-electron chi connectivity index (χ4n) is 2.24. The summed E-state index contributed by atoms with van der Waals surface area (Å²) in [5.74, 6) is -2.32. The molecule has 9 heteroatoms. The minimum absolute atomic E-state index is 0.234. The molecule has 0 heterocycles. The minimum atomic E-state index is -5.02. The lowest BCUT2D eigenvalue weighted by molar-refractivity contribution is -0.494.